The molecule has 76 valence electrons. The van der Waals surface area contributed by atoms with Crippen LogP contribution in [0.4, 0.5) is 5.95 Å². The zero-order valence-electron chi connectivity index (χ0n) is 8.48. The first kappa shape index (κ1) is 9.40. The van der Waals surface area contributed by atoms with Crippen molar-refractivity contribution < 1.29 is 0 Å². The van der Waals surface area contributed by atoms with Crippen LogP contribution in [-0.4, -0.2) is 28.0 Å². The largest absolute Gasteiger partial charge is 0.368 e. The van der Waals surface area contributed by atoms with E-state index in [0.717, 1.165) is 18.3 Å². The van der Waals surface area contributed by atoms with Crippen LogP contribution in [0.5, 0.6) is 0 Å². The van der Waals surface area contributed by atoms with Gasteiger partial charge in [0.05, 0.1) is 5.69 Å². The van der Waals surface area contributed by atoms with Gasteiger partial charge in [0.25, 0.3) is 0 Å². The van der Waals surface area contributed by atoms with Crippen LogP contribution in [0.25, 0.3) is 0 Å². The van der Waals surface area contributed by atoms with E-state index in [1.165, 1.54) is 19.3 Å². The van der Waals surface area contributed by atoms with Crippen molar-refractivity contribution in [1.82, 2.24) is 14.9 Å². The van der Waals surface area contributed by atoms with E-state index in [2.05, 4.69) is 21.9 Å². The second kappa shape index (κ2) is 3.92. The van der Waals surface area contributed by atoms with Gasteiger partial charge in [-0.1, -0.05) is 6.42 Å². The van der Waals surface area contributed by atoms with Gasteiger partial charge in [-0.05, 0) is 26.0 Å². The van der Waals surface area contributed by atoms with Crippen molar-refractivity contribution >= 4 is 5.95 Å². The zero-order valence-corrected chi connectivity index (χ0v) is 8.48. The molecule has 0 atom stereocenters. The molecule has 1 fully saturated rings. The van der Waals surface area contributed by atoms with Crippen LogP contribution in [-0.2, 0) is 6.54 Å². The predicted octanol–water partition coefficient (Wildman–Crippen LogP) is 1.04. The second-order valence-electron chi connectivity index (χ2n) is 3.91. The predicted molar refractivity (Wildman–Crippen MR) is 55.6 cm³/mol. The molecule has 1 heterocycles. The van der Waals surface area contributed by atoms with Gasteiger partial charge in [0, 0.05) is 18.8 Å². The highest BCUT2D eigenvalue weighted by molar-refractivity contribution is 5.17. The van der Waals surface area contributed by atoms with Crippen LogP contribution in [0.1, 0.15) is 25.0 Å². The third kappa shape index (κ3) is 2.01. The molecule has 1 aliphatic carbocycles. The minimum Gasteiger partial charge on any atom is -0.368 e. The average molecular weight is 192 g/mol. The highest BCUT2D eigenvalue weighted by Crippen LogP contribution is 2.24. The number of nitrogen functional groups attached to an aromatic ring is 1. The van der Waals surface area contributed by atoms with E-state index in [4.69, 9.17) is 5.73 Å². The summed E-state index contributed by atoms with van der Waals surface area (Å²) in [7, 11) is 2.14. The van der Waals surface area contributed by atoms with E-state index in [1.807, 2.05) is 6.07 Å². The third-order valence-corrected chi connectivity index (χ3v) is 2.84. The maximum absolute atomic E-state index is 5.52. The highest BCUT2D eigenvalue weighted by Gasteiger charge is 2.21. The fraction of sp³-hybridized carbons (Fsp3) is 0.600. The molecular weight excluding hydrogens is 176 g/mol. The Labute approximate surface area is 84.2 Å². The molecule has 0 amide bonds. The number of anilines is 1. The summed E-state index contributed by atoms with van der Waals surface area (Å²) in [6, 6.07) is 2.66. The Morgan fingerprint density at radius 2 is 2.36 bits per heavy atom. The van der Waals surface area contributed by atoms with Gasteiger partial charge in [0.1, 0.15) is 0 Å². The molecule has 0 bridgehead atoms. The van der Waals surface area contributed by atoms with Crippen molar-refractivity contribution in [3.8, 4) is 0 Å². The van der Waals surface area contributed by atoms with Crippen LogP contribution >= 0.6 is 0 Å². The minimum atomic E-state index is 0.365. The minimum absolute atomic E-state index is 0.365. The Kier molecular flexibility index (Phi) is 2.63. The molecule has 0 saturated heterocycles. The number of rotatable bonds is 3. The monoisotopic (exact) mass is 192 g/mol. The quantitative estimate of drug-likeness (QED) is 0.777. The molecule has 2 N–H and O–H groups in total. The van der Waals surface area contributed by atoms with E-state index < -0.39 is 0 Å². The molecule has 0 spiro atoms. The molecular formula is C10H16N4. The number of aromatic nitrogens is 2. The van der Waals surface area contributed by atoms with Crippen molar-refractivity contribution in [2.75, 3.05) is 12.8 Å². The van der Waals surface area contributed by atoms with Gasteiger partial charge < -0.3 is 5.73 Å². The summed E-state index contributed by atoms with van der Waals surface area (Å²) >= 11 is 0. The van der Waals surface area contributed by atoms with Gasteiger partial charge in [-0.2, -0.15) is 0 Å². The lowest BCUT2D eigenvalue weighted by Gasteiger charge is -2.34. The first-order valence-electron chi connectivity index (χ1n) is 5.03. The molecule has 0 radical (unpaired) electrons. The van der Waals surface area contributed by atoms with Gasteiger partial charge in [-0.25, -0.2) is 9.97 Å². The maximum Gasteiger partial charge on any atom is 0.220 e. The molecule has 4 nitrogen and oxygen atoms in total. The molecule has 2 rings (SSSR count). The normalized spacial score (nSPS) is 17.0. The smallest absolute Gasteiger partial charge is 0.220 e. The summed E-state index contributed by atoms with van der Waals surface area (Å²) in [6.07, 6.45) is 5.71. The SMILES string of the molecule is CN(Cc1ccnc(N)n1)C1CCC1. The number of nitrogens with two attached hydrogens (primary N) is 1. The molecule has 0 unspecified atom stereocenters. The Balaban J connectivity index is 1.95. The molecule has 1 saturated carbocycles. The number of hydrogen-bond donors (Lipinski definition) is 1. The van der Waals surface area contributed by atoms with E-state index in [9.17, 15) is 0 Å². The lowest BCUT2D eigenvalue weighted by atomic mass is 9.92. The highest BCUT2D eigenvalue weighted by atomic mass is 15.1. The molecule has 1 aromatic heterocycles. The van der Waals surface area contributed by atoms with Crippen LogP contribution in [0, 0.1) is 0 Å². The van der Waals surface area contributed by atoms with E-state index >= 15 is 0 Å². The fourth-order valence-electron chi connectivity index (χ4n) is 1.71. The summed E-state index contributed by atoms with van der Waals surface area (Å²) < 4.78 is 0. The molecule has 1 aliphatic rings. The molecule has 0 aromatic carbocycles. The Morgan fingerprint density at radius 3 is 2.93 bits per heavy atom. The van der Waals surface area contributed by atoms with Crippen molar-refractivity contribution in [1.29, 1.82) is 0 Å². The number of hydrogen-bond acceptors (Lipinski definition) is 4. The number of nitrogens with zero attached hydrogens (tertiary/aromatic N) is 3. The van der Waals surface area contributed by atoms with Crippen molar-refractivity contribution in [2.45, 2.75) is 31.8 Å². The van der Waals surface area contributed by atoms with Gasteiger partial charge in [0.15, 0.2) is 0 Å². The molecule has 0 aliphatic heterocycles. The van der Waals surface area contributed by atoms with E-state index in [-0.39, 0.29) is 0 Å². The summed E-state index contributed by atoms with van der Waals surface area (Å²) in [5, 5.41) is 0. The molecule has 4 heteroatoms. The van der Waals surface area contributed by atoms with Gasteiger partial charge in [-0.15, -0.1) is 0 Å². The van der Waals surface area contributed by atoms with Crippen molar-refractivity contribution in [2.24, 2.45) is 0 Å². The van der Waals surface area contributed by atoms with Gasteiger partial charge in [0.2, 0.25) is 5.95 Å². The molecule has 1 aromatic rings. The van der Waals surface area contributed by atoms with Gasteiger partial charge in [-0.3, -0.25) is 4.90 Å². The summed E-state index contributed by atoms with van der Waals surface area (Å²) in [5.41, 5.74) is 6.52. The lowest BCUT2D eigenvalue weighted by Crippen LogP contribution is -2.36. The second-order valence-corrected chi connectivity index (χ2v) is 3.91. The van der Waals surface area contributed by atoms with E-state index in [1.54, 1.807) is 6.20 Å². The topological polar surface area (TPSA) is 55.0 Å². The lowest BCUT2D eigenvalue weighted by molar-refractivity contribution is 0.151. The summed E-state index contributed by atoms with van der Waals surface area (Å²) in [4.78, 5) is 10.4. The van der Waals surface area contributed by atoms with Crippen LogP contribution in [0.3, 0.4) is 0 Å². The Hall–Kier alpha value is -1.16. The van der Waals surface area contributed by atoms with Crippen molar-refractivity contribution in [3.63, 3.8) is 0 Å². The zero-order chi connectivity index (χ0) is 9.97. The average Bonchev–Trinajstić information content (AvgIpc) is 1.99. The van der Waals surface area contributed by atoms with Crippen LogP contribution < -0.4 is 5.73 Å². The fourth-order valence-corrected chi connectivity index (χ4v) is 1.71. The standard InChI is InChI=1S/C10H16N4/c1-14(9-3-2-4-9)7-8-5-6-12-10(11)13-8/h5-6,9H,2-4,7H2,1H3,(H2,11,12,13). The van der Waals surface area contributed by atoms with E-state index in [0.29, 0.717) is 5.95 Å². The van der Waals surface area contributed by atoms with Crippen molar-refractivity contribution in [3.05, 3.63) is 18.0 Å². The van der Waals surface area contributed by atoms with Crippen LogP contribution in [0.15, 0.2) is 12.3 Å². The molecule has 14 heavy (non-hydrogen) atoms. The summed E-state index contributed by atoms with van der Waals surface area (Å²) in [5.74, 6) is 0.365. The first-order chi connectivity index (χ1) is 6.75. The third-order valence-electron chi connectivity index (χ3n) is 2.84. The summed E-state index contributed by atoms with van der Waals surface area (Å²) in [6.45, 7) is 0.872. The van der Waals surface area contributed by atoms with Gasteiger partial charge >= 0.3 is 0 Å². The maximum atomic E-state index is 5.52. The first-order valence-corrected chi connectivity index (χ1v) is 5.03. The Morgan fingerprint density at radius 1 is 1.57 bits per heavy atom. The Bertz CT molecular complexity index is 309. The van der Waals surface area contributed by atoms with Crippen LogP contribution in [0.2, 0.25) is 0 Å².